The van der Waals surface area contributed by atoms with Crippen LogP contribution in [-0.2, 0) is 11.2 Å². The highest BCUT2D eigenvalue weighted by Crippen LogP contribution is 2.17. The fourth-order valence-electron chi connectivity index (χ4n) is 2.62. The van der Waals surface area contributed by atoms with Crippen molar-refractivity contribution in [2.24, 2.45) is 0 Å². The van der Waals surface area contributed by atoms with Gasteiger partial charge >= 0.3 is 0 Å². The minimum atomic E-state index is 0.290. The van der Waals surface area contributed by atoms with E-state index in [-0.39, 0.29) is 0 Å². The summed E-state index contributed by atoms with van der Waals surface area (Å²) in [6.45, 7) is 10.3. The maximum Gasteiger partial charge on any atom is 0.129 e. The number of rotatable bonds is 7. The zero-order valence-corrected chi connectivity index (χ0v) is 13.0. The summed E-state index contributed by atoms with van der Waals surface area (Å²) in [6.07, 6.45) is 2.76. The molecule has 0 spiro atoms. The van der Waals surface area contributed by atoms with Gasteiger partial charge in [0.15, 0.2) is 0 Å². The maximum atomic E-state index is 10.9. The topological polar surface area (TPSA) is 20.3 Å². The fourth-order valence-corrected chi connectivity index (χ4v) is 2.62. The SMILES string of the molecule is CC(=O)CCCN(C)CCc1c(C)cc(C)cc1C. The van der Waals surface area contributed by atoms with Crippen molar-refractivity contribution in [2.75, 3.05) is 20.1 Å². The molecule has 0 atom stereocenters. The third kappa shape index (κ3) is 5.56. The molecular weight excluding hydrogens is 234 g/mol. The lowest BCUT2D eigenvalue weighted by atomic mass is 9.97. The molecule has 0 aliphatic carbocycles. The third-order valence-corrected chi connectivity index (χ3v) is 3.65. The van der Waals surface area contributed by atoms with E-state index in [4.69, 9.17) is 0 Å². The van der Waals surface area contributed by atoms with E-state index in [9.17, 15) is 4.79 Å². The van der Waals surface area contributed by atoms with Gasteiger partial charge in [-0.05, 0) is 70.8 Å². The molecule has 0 bridgehead atoms. The monoisotopic (exact) mass is 261 g/mol. The van der Waals surface area contributed by atoms with Crippen molar-refractivity contribution in [1.29, 1.82) is 0 Å². The number of aryl methyl sites for hydroxylation is 3. The zero-order valence-electron chi connectivity index (χ0n) is 13.0. The Morgan fingerprint density at radius 1 is 1.11 bits per heavy atom. The van der Waals surface area contributed by atoms with Crippen LogP contribution in [0.25, 0.3) is 0 Å². The van der Waals surface area contributed by atoms with Crippen LogP contribution in [0.2, 0.25) is 0 Å². The van der Waals surface area contributed by atoms with E-state index >= 15 is 0 Å². The number of carbonyl (C=O) groups excluding carboxylic acids is 1. The molecule has 0 amide bonds. The van der Waals surface area contributed by atoms with Gasteiger partial charge < -0.3 is 9.69 Å². The van der Waals surface area contributed by atoms with E-state index in [0.717, 1.165) is 25.9 Å². The Kier molecular flexibility index (Phi) is 6.23. The smallest absolute Gasteiger partial charge is 0.129 e. The fraction of sp³-hybridized carbons (Fsp3) is 0.588. The number of carbonyl (C=O) groups is 1. The second-order valence-corrected chi connectivity index (χ2v) is 5.74. The first-order valence-electron chi connectivity index (χ1n) is 7.15. The Hall–Kier alpha value is -1.15. The van der Waals surface area contributed by atoms with Crippen molar-refractivity contribution in [3.8, 4) is 0 Å². The van der Waals surface area contributed by atoms with E-state index in [0.29, 0.717) is 12.2 Å². The first-order chi connectivity index (χ1) is 8.90. The largest absolute Gasteiger partial charge is 0.306 e. The van der Waals surface area contributed by atoms with Crippen LogP contribution in [0.4, 0.5) is 0 Å². The van der Waals surface area contributed by atoms with Crippen LogP contribution in [0.15, 0.2) is 12.1 Å². The second kappa shape index (κ2) is 7.44. The lowest BCUT2D eigenvalue weighted by Gasteiger charge is -2.18. The van der Waals surface area contributed by atoms with Crippen LogP contribution in [0, 0.1) is 20.8 Å². The summed E-state index contributed by atoms with van der Waals surface area (Å²) >= 11 is 0. The van der Waals surface area contributed by atoms with Crippen LogP contribution < -0.4 is 0 Å². The Morgan fingerprint density at radius 2 is 1.68 bits per heavy atom. The van der Waals surface area contributed by atoms with Crippen molar-refractivity contribution in [1.82, 2.24) is 4.90 Å². The third-order valence-electron chi connectivity index (χ3n) is 3.65. The number of hydrogen-bond acceptors (Lipinski definition) is 2. The first-order valence-corrected chi connectivity index (χ1v) is 7.15. The highest BCUT2D eigenvalue weighted by molar-refractivity contribution is 5.75. The summed E-state index contributed by atoms with van der Waals surface area (Å²) < 4.78 is 0. The molecule has 1 rings (SSSR count). The molecule has 0 unspecified atom stereocenters. The van der Waals surface area contributed by atoms with Gasteiger partial charge in [0.05, 0.1) is 0 Å². The quantitative estimate of drug-likeness (QED) is 0.749. The molecule has 0 saturated carbocycles. The number of ketones is 1. The van der Waals surface area contributed by atoms with Gasteiger partial charge in [-0.15, -0.1) is 0 Å². The van der Waals surface area contributed by atoms with E-state index < -0.39 is 0 Å². The molecule has 0 aromatic heterocycles. The van der Waals surface area contributed by atoms with Crippen molar-refractivity contribution < 1.29 is 4.79 Å². The van der Waals surface area contributed by atoms with Gasteiger partial charge in [-0.2, -0.15) is 0 Å². The molecule has 106 valence electrons. The minimum Gasteiger partial charge on any atom is -0.306 e. The Morgan fingerprint density at radius 3 is 2.21 bits per heavy atom. The number of benzene rings is 1. The molecule has 0 saturated heterocycles. The lowest BCUT2D eigenvalue weighted by molar-refractivity contribution is -0.117. The molecule has 0 N–H and O–H groups in total. The minimum absolute atomic E-state index is 0.290. The first kappa shape index (κ1) is 15.9. The van der Waals surface area contributed by atoms with Gasteiger partial charge in [-0.3, -0.25) is 0 Å². The molecule has 0 aliphatic rings. The van der Waals surface area contributed by atoms with Crippen molar-refractivity contribution in [3.63, 3.8) is 0 Å². The molecular formula is C17H27NO. The van der Waals surface area contributed by atoms with Gasteiger partial charge in [0.1, 0.15) is 5.78 Å². The van der Waals surface area contributed by atoms with E-state index in [1.165, 1.54) is 22.3 Å². The molecule has 19 heavy (non-hydrogen) atoms. The second-order valence-electron chi connectivity index (χ2n) is 5.74. The summed E-state index contributed by atoms with van der Waals surface area (Å²) in [4.78, 5) is 13.2. The summed E-state index contributed by atoms with van der Waals surface area (Å²) in [5, 5.41) is 0. The summed E-state index contributed by atoms with van der Waals surface area (Å²) in [5.41, 5.74) is 5.61. The molecule has 0 fully saturated rings. The number of nitrogens with zero attached hydrogens (tertiary/aromatic N) is 1. The zero-order chi connectivity index (χ0) is 14.4. The highest BCUT2D eigenvalue weighted by atomic mass is 16.1. The Balaban J connectivity index is 2.46. The molecule has 0 radical (unpaired) electrons. The normalized spacial score (nSPS) is 11.1. The molecule has 0 aliphatic heterocycles. The summed E-state index contributed by atoms with van der Waals surface area (Å²) in [7, 11) is 2.14. The highest BCUT2D eigenvalue weighted by Gasteiger charge is 2.06. The maximum absolute atomic E-state index is 10.9. The van der Waals surface area contributed by atoms with Crippen molar-refractivity contribution >= 4 is 5.78 Å². The number of likely N-dealkylation sites (N-methyl/N-ethyl adjacent to an activating group) is 1. The molecule has 1 aromatic rings. The summed E-state index contributed by atoms with van der Waals surface area (Å²) in [6, 6.07) is 4.52. The van der Waals surface area contributed by atoms with E-state index in [2.05, 4.69) is 44.9 Å². The van der Waals surface area contributed by atoms with Crippen LogP contribution in [0.1, 0.15) is 42.0 Å². The molecule has 0 heterocycles. The van der Waals surface area contributed by atoms with Gasteiger partial charge in [-0.1, -0.05) is 17.7 Å². The lowest BCUT2D eigenvalue weighted by Crippen LogP contribution is -2.23. The molecule has 2 heteroatoms. The van der Waals surface area contributed by atoms with Crippen LogP contribution in [-0.4, -0.2) is 30.8 Å². The Labute approximate surface area is 117 Å². The average Bonchev–Trinajstić information content (AvgIpc) is 2.26. The van der Waals surface area contributed by atoms with Crippen molar-refractivity contribution in [2.45, 2.75) is 47.0 Å². The molecule has 2 nitrogen and oxygen atoms in total. The Bertz CT molecular complexity index is 414. The predicted octanol–water partition coefficient (Wildman–Crippen LogP) is 3.46. The van der Waals surface area contributed by atoms with Gasteiger partial charge in [0, 0.05) is 13.0 Å². The standard InChI is InChI=1S/C17H27NO/c1-13-11-14(2)17(15(3)12-13)8-10-18(5)9-6-7-16(4)19/h11-12H,6-10H2,1-5H3. The van der Waals surface area contributed by atoms with E-state index in [1.807, 2.05) is 0 Å². The predicted molar refractivity (Wildman–Crippen MR) is 81.8 cm³/mol. The molecule has 1 aromatic carbocycles. The van der Waals surface area contributed by atoms with Crippen LogP contribution in [0.5, 0.6) is 0 Å². The summed E-state index contributed by atoms with van der Waals surface area (Å²) in [5.74, 6) is 0.290. The van der Waals surface area contributed by atoms with Crippen molar-refractivity contribution in [3.05, 3.63) is 34.4 Å². The van der Waals surface area contributed by atoms with Crippen LogP contribution in [0.3, 0.4) is 0 Å². The number of Topliss-reactive ketones (excluding diaryl/α,β-unsaturated/α-hetero) is 1. The average molecular weight is 261 g/mol. The van der Waals surface area contributed by atoms with Gasteiger partial charge in [0.25, 0.3) is 0 Å². The van der Waals surface area contributed by atoms with Gasteiger partial charge in [-0.25, -0.2) is 0 Å². The van der Waals surface area contributed by atoms with Gasteiger partial charge in [0.2, 0.25) is 0 Å². The number of hydrogen-bond donors (Lipinski definition) is 0. The van der Waals surface area contributed by atoms with E-state index in [1.54, 1.807) is 6.92 Å². The van der Waals surface area contributed by atoms with Crippen LogP contribution >= 0.6 is 0 Å².